The van der Waals surface area contributed by atoms with Gasteiger partial charge in [-0.2, -0.15) is 0 Å². The first-order valence-electron chi connectivity index (χ1n) is 10.8. The molecule has 172 valence electrons. The smallest absolute Gasteiger partial charge is 0.324 e. The van der Waals surface area contributed by atoms with Gasteiger partial charge in [0, 0.05) is 20.5 Å². The van der Waals surface area contributed by atoms with E-state index in [1.165, 1.54) is 17.4 Å². The predicted molar refractivity (Wildman–Crippen MR) is 131 cm³/mol. The van der Waals surface area contributed by atoms with Crippen LogP contribution in [0.25, 0.3) is 21.2 Å². The molecule has 0 amide bonds. The summed E-state index contributed by atoms with van der Waals surface area (Å²) in [5.41, 5.74) is 1.27. The summed E-state index contributed by atoms with van der Waals surface area (Å²) < 4.78 is 47.8. The Hall–Kier alpha value is -2.37. The van der Waals surface area contributed by atoms with E-state index < -0.39 is 31.0 Å². The van der Waals surface area contributed by atoms with Crippen LogP contribution in [-0.4, -0.2) is 11.0 Å². The third-order valence-corrected chi connectivity index (χ3v) is 9.05. The number of benzene rings is 3. The van der Waals surface area contributed by atoms with Crippen molar-refractivity contribution in [3.05, 3.63) is 94.9 Å². The van der Waals surface area contributed by atoms with E-state index in [1.807, 2.05) is 61.5 Å². The van der Waals surface area contributed by atoms with Gasteiger partial charge in [0.15, 0.2) is 11.6 Å². The van der Waals surface area contributed by atoms with E-state index in [0.29, 0.717) is 16.9 Å². The molecule has 3 aromatic carbocycles. The lowest BCUT2D eigenvalue weighted by Gasteiger charge is -2.26. The van der Waals surface area contributed by atoms with Gasteiger partial charge in [-0.15, -0.1) is 11.3 Å². The third-order valence-electron chi connectivity index (χ3n) is 5.70. The van der Waals surface area contributed by atoms with Crippen molar-refractivity contribution in [2.45, 2.75) is 38.5 Å². The fourth-order valence-corrected chi connectivity index (χ4v) is 7.30. The minimum absolute atomic E-state index is 0.0358. The Morgan fingerprint density at radius 3 is 2.39 bits per heavy atom. The first kappa shape index (κ1) is 23.8. The summed E-state index contributed by atoms with van der Waals surface area (Å²) in [7, 11) is -4.20. The van der Waals surface area contributed by atoms with Gasteiger partial charge >= 0.3 is 7.60 Å². The van der Waals surface area contributed by atoms with Crippen molar-refractivity contribution in [2.75, 3.05) is 0 Å². The molecule has 0 aliphatic carbocycles. The second kappa shape index (κ2) is 9.86. The number of thiophene rings is 1. The van der Waals surface area contributed by atoms with Gasteiger partial charge in [0.25, 0.3) is 0 Å². The highest BCUT2D eigenvalue weighted by Gasteiger charge is 2.39. The van der Waals surface area contributed by atoms with E-state index in [-0.39, 0.29) is 6.42 Å². The molecular weight excluding hydrogens is 461 g/mol. The summed E-state index contributed by atoms with van der Waals surface area (Å²) >= 11 is 1.43. The van der Waals surface area contributed by atoms with Crippen LogP contribution >= 0.6 is 18.9 Å². The normalized spacial score (nSPS) is 15.3. The summed E-state index contributed by atoms with van der Waals surface area (Å²) in [5.74, 6) is -1.94. The first-order valence-corrected chi connectivity index (χ1v) is 13.3. The fraction of sp³-hybridized carbons (Fsp3) is 0.231. The molecule has 1 N–H and O–H groups in total. The van der Waals surface area contributed by atoms with Gasteiger partial charge in [-0.3, -0.25) is 4.57 Å². The van der Waals surface area contributed by atoms with E-state index in [0.717, 1.165) is 33.3 Å². The molecule has 0 aliphatic heterocycles. The molecule has 0 radical (unpaired) electrons. The minimum atomic E-state index is -4.20. The third kappa shape index (κ3) is 5.10. The summed E-state index contributed by atoms with van der Waals surface area (Å²) in [6, 6.07) is 21.1. The molecule has 3 nitrogen and oxygen atoms in total. The van der Waals surface area contributed by atoms with Crippen molar-refractivity contribution in [1.82, 2.24) is 0 Å². The average molecular weight is 487 g/mol. The maximum absolute atomic E-state index is 14.0. The zero-order valence-corrected chi connectivity index (χ0v) is 20.1. The van der Waals surface area contributed by atoms with Gasteiger partial charge in [0.1, 0.15) is 5.66 Å². The lowest BCUT2D eigenvalue weighted by molar-refractivity contribution is 0.180. The maximum atomic E-state index is 14.0. The number of halogens is 2. The zero-order valence-electron chi connectivity index (χ0n) is 18.4. The molecule has 4 rings (SSSR count). The Labute approximate surface area is 196 Å². The molecule has 0 spiro atoms. The van der Waals surface area contributed by atoms with Crippen LogP contribution in [0.15, 0.2) is 72.8 Å². The van der Waals surface area contributed by atoms with Gasteiger partial charge in [-0.1, -0.05) is 61.5 Å². The van der Waals surface area contributed by atoms with Crippen LogP contribution in [0.1, 0.15) is 36.4 Å². The molecule has 3 atom stereocenters. The molecule has 7 heteroatoms. The van der Waals surface area contributed by atoms with Crippen molar-refractivity contribution in [3.63, 3.8) is 0 Å². The van der Waals surface area contributed by atoms with E-state index in [4.69, 9.17) is 4.52 Å². The molecule has 33 heavy (non-hydrogen) atoms. The van der Waals surface area contributed by atoms with Crippen LogP contribution in [0, 0.1) is 11.6 Å². The van der Waals surface area contributed by atoms with Crippen LogP contribution < -0.4 is 0 Å². The predicted octanol–water partition coefficient (Wildman–Crippen LogP) is 8.13. The Morgan fingerprint density at radius 1 is 1.00 bits per heavy atom. The average Bonchev–Trinajstić information content (AvgIpc) is 3.18. The highest BCUT2D eigenvalue weighted by atomic mass is 32.1. The summed E-state index contributed by atoms with van der Waals surface area (Å²) in [4.78, 5) is 11.9. The SMILES string of the molecule is CCC(C)OP(=O)(O)C(Cc1ccc(F)c(F)c1)c1sc2ccccc2c1-c1ccccc1. The van der Waals surface area contributed by atoms with Crippen molar-refractivity contribution >= 4 is 29.0 Å². The monoisotopic (exact) mass is 486 g/mol. The van der Waals surface area contributed by atoms with Crippen molar-refractivity contribution < 1.29 is 22.8 Å². The van der Waals surface area contributed by atoms with Crippen LogP contribution in [0.5, 0.6) is 0 Å². The quantitative estimate of drug-likeness (QED) is 0.256. The van der Waals surface area contributed by atoms with Gasteiger partial charge in [0.2, 0.25) is 0 Å². The number of hydrogen-bond acceptors (Lipinski definition) is 3. The maximum Gasteiger partial charge on any atom is 0.336 e. The lowest BCUT2D eigenvalue weighted by Crippen LogP contribution is -2.12. The molecular formula is C26H25F2O3PS. The van der Waals surface area contributed by atoms with Crippen LogP contribution in [0.3, 0.4) is 0 Å². The van der Waals surface area contributed by atoms with Gasteiger partial charge in [0.05, 0.1) is 6.10 Å². The number of fused-ring (bicyclic) bond motifs is 1. The largest absolute Gasteiger partial charge is 0.336 e. The Morgan fingerprint density at radius 2 is 1.70 bits per heavy atom. The summed E-state index contributed by atoms with van der Waals surface area (Å²) in [6.45, 7) is 3.63. The standard InChI is InChI=1S/C26H25F2O3PS/c1-3-17(2)31-32(29,30)23(16-18-13-14-21(27)22(28)15-18)26-25(19-9-5-4-6-10-19)20-11-7-8-12-24(20)33-26/h4-15,17,23H,3,16H2,1-2H3,(H,29,30). The van der Waals surface area contributed by atoms with E-state index in [9.17, 15) is 18.2 Å². The Balaban J connectivity index is 1.92. The zero-order chi connectivity index (χ0) is 23.6. The molecule has 0 aliphatic rings. The number of rotatable bonds is 8. The van der Waals surface area contributed by atoms with E-state index >= 15 is 0 Å². The molecule has 0 saturated carbocycles. The molecule has 0 bridgehead atoms. The van der Waals surface area contributed by atoms with Gasteiger partial charge in [-0.25, -0.2) is 8.78 Å². The van der Waals surface area contributed by atoms with E-state index in [1.54, 1.807) is 6.92 Å². The van der Waals surface area contributed by atoms with Gasteiger partial charge in [-0.05, 0) is 49.1 Å². The highest BCUT2D eigenvalue weighted by Crippen LogP contribution is 2.62. The minimum Gasteiger partial charge on any atom is -0.324 e. The van der Waals surface area contributed by atoms with E-state index in [2.05, 4.69) is 0 Å². The van der Waals surface area contributed by atoms with Crippen LogP contribution in [0.4, 0.5) is 8.78 Å². The van der Waals surface area contributed by atoms with Crippen molar-refractivity contribution in [2.24, 2.45) is 0 Å². The molecule has 1 aromatic heterocycles. The van der Waals surface area contributed by atoms with Crippen molar-refractivity contribution in [3.8, 4) is 11.1 Å². The number of hydrogen-bond donors (Lipinski definition) is 1. The summed E-state index contributed by atoms with van der Waals surface area (Å²) in [6.07, 6.45) is 0.178. The van der Waals surface area contributed by atoms with Crippen molar-refractivity contribution in [1.29, 1.82) is 0 Å². The lowest BCUT2D eigenvalue weighted by atomic mass is 9.98. The fourth-order valence-electron chi connectivity index (χ4n) is 3.85. The first-order chi connectivity index (χ1) is 15.8. The molecule has 0 fully saturated rings. The second-order valence-corrected chi connectivity index (χ2v) is 11.1. The van der Waals surface area contributed by atoms with Gasteiger partial charge < -0.3 is 9.42 Å². The van der Waals surface area contributed by atoms with Crippen LogP contribution in [-0.2, 0) is 15.5 Å². The summed E-state index contributed by atoms with van der Waals surface area (Å²) in [5, 5.41) is 0.975. The van der Waals surface area contributed by atoms with Crippen LogP contribution in [0.2, 0.25) is 0 Å². The molecule has 3 unspecified atom stereocenters. The molecule has 0 saturated heterocycles. The Bertz CT molecular complexity index is 1310. The molecule has 1 heterocycles. The topological polar surface area (TPSA) is 46.5 Å². The Kier molecular flexibility index (Phi) is 7.10. The second-order valence-electron chi connectivity index (χ2n) is 8.06. The highest BCUT2D eigenvalue weighted by molar-refractivity contribution is 7.53. The molecule has 4 aromatic rings.